The van der Waals surface area contributed by atoms with Gasteiger partial charge in [-0.05, 0) is 59.5 Å². The van der Waals surface area contributed by atoms with Crippen LogP contribution in [0.25, 0.3) is 0 Å². The van der Waals surface area contributed by atoms with Crippen LogP contribution in [0.4, 0.5) is 8.78 Å². The fourth-order valence-electron chi connectivity index (χ4n) is 4.61. The van der Waals surface area contributed by atoms with Gasteiger partial charge in [0.1, 0.15) is 11.6 Å². The number of hydrogen-bond donors (Lipinski definition) is 0. The van der Waals surface area contributed by atoms with Crippen molar-refractivity contribution in [1.29, 1.82) is 0 Å². The Morgan fingerprint density at radius 3 is 2.05 bits per heavy atom. The van der Waals surface area contributed by atoms with Gasteiger partial charge < -0.3 is 19.1 Å². The van der Waals surface area contributed by atoms with Crippen molar-refractivity contribution in [2.75, 3.05) is 26.8 Å². The Labute approximate surface area is 239 Å². The summed E-state index contributed by atoms with van der Waals surface area (Å²) in [4.78, 5) is 30.4. The maximum absolute atomic E-state index is 13.8. The number of ether oxygens (including phenoxy) is 1. The summed E-state index contributed by atoms with van der Waals surface area (Å²) >= 11 is 0. The van der Waals surface area contributed by atoms with Crippen LogP contribution < -0.4 is 0 Å². The predicted octanol–water partition coefficient (Wildman–Crippen LogP) is 5.45. The van der Waals surface area contributed by atoms with Crippen LogP contribution in [0.5, 0.6) is 0 Å². The number of hydrogen-bond acceptors (Lipinski definition) is 3. The molecular formula is C33H35F2N3O3. The first kappa shape index (κ1) is 29.7. The number of carbonyl (C=O) groups is 2. The Bertz CT molecular complexity index is 1390. The SMILES string of the molecule is COCCCN(CC(=O)N(Cc1ccccc1)Cc1cccn1Cc1ccc(F)cc1)C(=O)Cc1ccc(F)cc1. The van der Waals surface area contributed by atoms with Gasteiger partial charge in [-0.2, -0.15) is 0 Å². The molecule has 0 bridgehead atoms. The van der Waals surface area contributed by atoms with Crippen LogP contribution in [0.1, 0.15) is 28.8 Å². The van der Waals surface area contributed by atoms with E-state index in [4.69, 9.17) is 4.74 Å². The van der Waals surface area contributed by atoms with Gasteiger partial charge in [0.2, 0.25) is 11.8 Å². The lowest BCUT2D eigenvalue weighted by molar-refractivity contribution is -0.141. The average Bonchev–Trinajstić information content (AvgIpc) is 3.41. The summed E-state index contributed by atoms with van der Waals surface area (Å²) in [6.45, 7) is 1.98. The molecule has 8 heteroatoms. The van der Waals surface area contributed by atoms with E-state index in [0.29, 0.717) is 44.8 Å². The molecule has 0 saturated carbocycles. The molecule has 0 spiro atoms. The van der Waals surface area contributed by atoms with E-state index in [1.165, 1.54) is 24.3 Å². The Kier molecular flexibility index (Phi) is 10.8. The minimum Gasteiger partial charge on any atom is -0.385 e. The molecule has 4 aromatic rings. The molecule has 0 radical (unpaired) electrons. The molecule has 41 heavy (non-hydrogen) atoms. The van der Waals surface area contributed by atoms with Crippen molar-refractivity contribution in [3.63, 3.8) is 0 Å². The Morgan fingerprint density at radius 1 is 0.732 bits per heavy atom. The number of halogens is 2. The number of benzene rings is 3. The molecule has 0 atom stereocenters. The van der Waals surface area contributed by atoms with E-state index in [1.54, 1.807) is 41.2 Å². The molecule has 0 aliphatic carbocycles. The lowest BCUT2D eigenvalue weighted by Crippen LogP contribution is -2.43. The number of rotatable bonds is 14. The summed E-state index contributed by atoms with van der Waals surface area (Å²) in [5.74, 6) is -1.05. The van der Waals surface area contributed by atoms with Crippen molar-refractivity contribution in [3.05, 3.63) is 131 Å². The molecule has 3 aromatic carbocycles. The summed E-state index contributed by atoms with van der Waals surface area (Å²) in [7, 11) is 1.60. The second-order valence-electron chi connectivity index (χ2n) is 9.95. The van der Waals surface area contributed by atoms with E-state index in [1.807, 2.05) is 53.2 Å². The molecule has 2 amide bonds. The Hall–Kier alpha value is -4.30. The zero-order chi connectivity index (χ0) is 29.0. The van der Waals surface area contributed by atoms with E-state index in [2.05, 4.69) is 0 Å². The largest absolute Gasteiger partial charge is 0.385 e. The fourth-order valence-corrected chi connectivity index (χ4v) is 4.61. The molecule has 0 unspecified atom stereocenters. The molecule has 1 aromatic heterocycles. The zero-order valence-corrected chi connectivity index (χ0v) is 23.2. The highest BCUT2D eigenvalue weighted by Gasteiger charge is 2.23. The van der Waals surface area contributed by atoms with Crippen LogP contribution in [-0.4, -0.2) is 53.0 Å². The number of amides is 2. The second kappa shape index (κ2) is 14.9. The summed E-state index contributed by atoms with van der Waals surface area (Å²) in [5.41, 5.74) is 3.52. The Morgan fingerprint density at radius 2 is 1.39 bits per heavy atom. The third-order valence-electron chi connectivity index (χ3n) is 6.84. The van der Waals surface area contributed by atoms with Crippen LogP contribution in [0, 0.1) is 11.6 Å². The molecule has 1 heterocycles. The highest BCUT2D eigenvalue weighted by Crippen LogP contribution is 2.15. The molecule has 0 N–H and O–H groups in total. The van der Waals surface area contributed by atoms with E-state index in [-0.39, 0.29) is 36.4 Å². The van der Waals surface area contributed by atoms with Gasteiger partial charge in [-0.15, -0.1) is 0 Å². The quantitative estimate of drug-likeness (QED) is 0.193. The highest BCUT2D eigenvalue weighted by atomic mass is 19.1. The van der Waals surface area contributed by atoms with Crippen LogP contribution in [0.15, 0.2) is 97.2 Å². The van der Waals surface area contributed by atoms with E-state index in [0.717, 1.165) is 16.8 Å². The van der Waals surface area contributed by atoms with Gasteiger partial charge in [-0.3, -0.25) is 9.59 Å². The third-order valence-corrected chi connectivity index (χ3v) is 6.84. The van der Waals surface area contributed by atoms with Gasteiger partial charge in [0, 0.05) is 45.2 Å². The molecule has 4 rings (SSSR count). The minimum atomic E-state index is -0.367. The van der Waals surface area contributed by atoms with Crippen molar-refractivity contribution in [1.82, 2.24) is 14.4 Å². The summed E-state index contributed by atoms with van der Waals surface area (Å²) in [6, 6.07) is 25.8. The number of carbonyl (C=O) groups excluding carboxylic acids is 2. The molecule has 214 valence electrons. The van der Waals surface area contributed by atoms with E-state index < -0.39 is 0 Å². The predicted molar refractivity (Wildman–Crippen MR) is 154 cm³/mol. The number of aromatic nitrogens is 1. The van der Waals surface area contributed by atoms with Crippen molar-refractivity contribution in [2.24, 2.45) is 0 Å². The molecule has 0 aliphatic rings. The maximum Gasteiger partial charge on any atom is 0.242 e. The molecule has 0 saturated heterocycles. The first-order valence-electron chi connectivity index (χ1n) is 13.6. The lowest BCUT2D eigenvalue weighted by Gasteiger charge is -2.28. The smallest absolute Gasteiger partial charge is 0.242 e. The van der Waals surface area contributed by atoms with Crippen LogP contribution in [0.2, 0.25) is 0 Å². The standard InChI is InChI=1S/C33H35F2N3O3/c1-41-20-6-19-37(32(39)21-26-10-14-29(34)15-11-26)25-33(40)38(23-27-7-3-2-4-8-27)24-31-9-5-18-36(31)22-28-12-16-30(35)17-13-28/h2-5,7-18H,6,19-25H2,1H3. The van der Waals surface area contributed by atoms with Crippen molar-refractivity contribution < 1.29 is 23.1 Å². The average molecular weight is 560 g/mol. The third kappa shape index (κ3) is 9.11. The molecule has 0 fully saturated rings. The highest BCUT2D eigenvalue weighted by molar-refractivity contribution is 5.86. The summed E-state index contributed by atoms with van der Waals surface area (Å²) < 4.78 is 34.0. The summed E-state index contributed by atoms with van der Waals surface area (Å²) in [5, 5.41) is 0. The van der Waals surface area contributed by atoms with Crippen molar-refractivity contribution >= 4 is 11.8 Å². The van der Waals surface area contributed by atoms with Gasteiger partial charge in [0.15, 0.2) is 0 Å². The number of methoxy groups -OCH3 is 1. The Balaban J connectivity index is 1.52. The van der Waals surface area contributed by atoms with Gasteiger partial charge >= 0.3 is 0 Å². The zero-order valence-electron chi connectivity index (χ0n) is 23.2. The molecule has 0 aliphatic heterocycles. The van der Waals surface area contributed by atoms with E-state index in [9.17, 15) is 18.4 Å². The topological polar surface area (TPSA) is 54.8 Å². The monoisotopic (exact) mass is 559 g/mol. The van der Waals surface area contributed by atoms with Gasteiger partial charge in [-0.25, -0.2) is 8.78 Å². The first-order valence-corrected chi connectivity index (χ1v) is 13.6. The van der Waals surface area contributed by atoms with E-state index >= 15 is 0 Å². The minimum absolute atomic E-state index is 0.0692. The number of nitrogens with zero attached hydrogens (tertiary/aromatic N) is 3. The maximum atomic E-state index is 13.8. The lowest BCUT2D eigenvalue weighted by atomic mass is 10.1. The summed E-state index contributed by atoms with van der Waals surface area (Å²) in [6.07, 6.45) is 2.59. The fraction of sp³-hybridized carbons (Fsp3) is 0.273. The van der Waals surface area contributed by atoms with Crippen LogP contribution in [-0.2, 0) is 40.4 Å². The van der Waals surface area contributed by atoms with Gasteiger partial charge in [0.05, 0.1) is 19.5 Å². The van der Waals surface area contributed by atoms with Crippen molar-refractivity contribution in [2.45, 2.75) is 32.5 Å². The van der Waals surface area contributed by atoms with Gasteiger partial charge in [-0.1, -0.05) is 54.6 Å². The van der Waals surface area contributed by atoms with Crippen molar-refractivity contribution in [3.8, 4) is 0 Å². The molecule has 6 nitrogen and oxygen atoms in total. The first-order chi connectivity index (χ1) is 19.9. The second-order valence-corrected chi connectivity index (χ2v) is 9.95. The molecular weight excluding hydrogens is 524 g/mol. The van der Waals surface area contributed by atoms with Crippen LogP contribution in [0.3, 0.4) is 0 Å². The van der Waals surface area contributed by atoms with Crippen LogP contribution >= 0.6 is 0 Å². The normalized spacial score (nSPS) is 10.9. The van der Waals surface area contributed by atoms with Gasteiger partial charge in [0.25, 0.3) is 0 Å².